The van der Waals surface area contributed by atoms with Crippen molar-refractivity contribution >= 4 is 11.5 Å². The molecule has 1 aromatic heterocycles. The number of nitrogens with zero attached hydrogens (tertiary/aromatic N) is 1. The van der Waals surface area contributed by atoms with Gasteiger partial charge in [0.15, 0.2) is 11.6 Å². The highest BCUT2D eigenvalue weighted by Crippen LogP contribution is 2.22. The van der Waals surface area contributed by atoms with Gasteiger partial charge in [-0.15, -0.1) is 0 Å². The van der Waals surface area contributed by atoms with Gasteiger partial charge in [0.25, 0.3) is 0 Å². The van der Waals surface area contributed by atoms with Gasteiger partial charge in [0.1, 0.15) is 11.6 Å². The van der Waals surface area contributed by atoms with Gasteiger partial charge in [0, 0.05) is 23.9 Å². The molecule has 6 heteroatoms. The number of aromatic nitrogens is 1. The Morgan fingerprint density at radius 3 is 2.79 bits per heavy atom. The lowest BCUT2D eigenvalue weighted by Gasteiger charge is -2.11. The van der Waals surface area contributed by atoms with Crippen molar-refractivity contribution in [3.05, 3.63) is 47.7 Å². The molecule has 0 amide bonds. The van der Waals surface area contributed by atoms with Gasteiger partial charge < -0.3 is 15.8 Å². The Morgan fingerprint density at radius 2 is 2.11 bits per heavy atom. The van der Waals surface area contributed by atoms with Gasteiger partial charge in [-0.25, -0.2) is 13.8 Å². The van der Waals surface area contributed by atoms with Crippen LogP contribution in [-0.2, 0) is 6.54 Å². The zero-order valence-electron chi connectivity index (χ0n) is 10.3. The van der Waals surface area contributed by atoms with E-state index in [1.54, 1.807) is 18.2 Å². The lowest BCUT2D eigenvalue weighted by molar-refractivity contribution is 0.410. The molecule has 19 heavy (non-hydrogen) atoms. The second-order valence-corrected chi connectivity index (χ2v) is 3.91. The van der Waals surface area contributed by atoms with Crippen LogP contribution < -0.4 is 15.8 Å². The van der Waals surface area contributed by atoms with Crippen LogP contribution in [0.25, 0.3) is 0 Å². The average molecular weight is 265 g/mol. The fourth-order valence-corrected chi connectivity index (χ4v) is 1.66. The summed E-state index contributed by atoms with van der Waals surface area (Å²) in [5.74, 6) is -0.859. The van der Waals surface area contributed by atoms with Gasteiger partial charge in [-0.3, -0.25) is 0 Å². The van der Waals surface area contributed by atoms with Gasteiger partial charge in [-0.05, 0) is 18.2 Å². The standard InChI is InChI=1S/C13H13F2N3O/c1-19-12-3-2-10(16)4-8(12)6-17-13-11(15)5-9(14)7-18-13/h2-5,7H,6,16H2,1H3,(H,17,18). The number of hydrogen-bond donors (Lipinski definition) is 2. The Balaban J connectivity index is 2.16. The number of benzene rings is 1. The molecule has 0 atom stereocenters. The summed E-state index contributed by atoms with van der Waals surface area (Å²) in [6, 6.07) is 5.92. The van der Waals surface area contributed by atoms with E-state index in [0.29, 0.717) is 11.4 Å². The summed E-state index contributed by atoms with van der Waals surface area (Å²) < 4.78 is 31.3. The van der Waals surface area contributed by atoms with Gasteiger partial charge in [-0.2, -0.15) is 0 Å². The number of nitrogen functional groups attached to an aromatic ring is 1. The summed E-state index contributed by atoms with van der Waals surface area (Å²) in [5, 5.41) is 2.77. The van der Waals surface area contributed by atoms with E-state index >= 15 is 0 Å². The number of anilines is 2. The number of rotatable bonds is 4. The molecule has 0 fully saturated rings. The van der Waals surface area contributed by atoms with E-state index < -0.39 is 11.6 Å². The lowest BCUT2D eigenvalue weighted by Crippen LogP contribution is -2.06. The Labute approximate surface area is 109 Å². The van der Waals surface area contributed by atoms with Crippen molar-refractivity contribution in [2.24, 2.45) is 0 Å². The molecular formula is C13H13F2N3O. The maximum Gasteiger partial charge on any atom is 0.168 e. The number of ether oxygens (including phenoxy) is 1. The highest BCUT2D eigenvalue weighted by atomic mass is 19.1. The first-order valence-electron chi connectivity index (χ1n) is 5.57. The van der Waals surface area contributed by atoms with Crippen molar-refractivity contribution in [2.45, 2.75) is 6.54 Å². The summed E-state index contributed by atoms with van der Waals surface area (Å²) in [6.07, 6.45) is 0.946. The molecule has 3 N–H and O–H groups in total. The highest BCUT2D eigenvalue weighted by molar-refractivity contribution is 5.49. The molecule has 0 radical (unpaired) electrons. The van der Waals surface area contributed by atoms with Gasteiger partial charge in [0.05, 0.1) is 13.3 Å². The Morgan fingerprint density at radius 1 is 1.32 bits per heavy atom. The summed E-state index contributed by atoms with van der Waals surface area (Å²) >= 11 is 0. The number of halogens is 2. The minimum Gasteiger partial charge on any atom is -0.496 e. The molecule has 1 heterocycles. The fraction of sp³-hybridized carbons (Fsp3) is 0.154. The number of nitrogens with two attached hydrogens (primary N) is 1. The molecule has 1 aromatic carbocycles. The lowest BCUT2D eigenvalue weighted by atomic mass is 10.1. The van der Waals surface area contributed by atoms with E-state index in [1.807, 2.05) is 0 Å². The summed E-state index contributed by atoms with van der Waals surface area (Å²) in [7, 11) is 1.53. The van der Waals surface area contributed by atoms with Crippen molar-refractivity contribution in [3.8, 4) is 5.75 Å². The molecule has 100 valence electrons. The fourth-order valence-electron chi connectivity index (χ4n) is 1.66. The van der Waals surface area contributed by atoms with Crippen molar-refractivity contribution in [1.82, 2.24) is 4.98 Å². The molecule has 0 saturated carbocycles. The van der Waals surface area contributed by atoms with Crippen LogP contribution in [0.3, 0.4) is 0 Å². The predicted molar refractivity (Wildman–Crippen MR) is 68.9 cm³/mol. The monoisotopic (exact) mass is 265 g/mol. The van der Waals surface area contributed by atoms with Crippen LogP contribution in [0.5, 0.6) is 5.75 Å². The quantitative estimate of drug-likeness (QED) is 0.834. The molecular weight excluding hydrogens is 252 g/mol. The van der Waals surface area contributed by atoms with E-state index in [-0.39, 0.29) is 12.4 Å². The topological polar surface area (TPSA) is 60.2 Å². The smallest absolute Gasteiger partial charge is 0.168 e. The molecule has 0 aliphatic carbocycles. The van der Waals surface area contributed by atoms with Crippen LogP contribution in [-0.4, -0.2) is 12.1 Å². The first-order chi connectivity index (χ1) is 9.10. The van der Waals surface area contributed by atoms with Crippen molar-refractivity contribution in [1.29, 1.82) is 0 Å². The van der Waals surface area contributed by atoms with Crippen LogP contribution in [0.15, 0.2) is 30.5 Å². The van der Waals surface area contributed by atoms with E-state index in [0.717, 1.165) is 17.8 Å². The van der Waals surface area contributed by atoms with Crippen LogP contribution in [0.1, 0.15) is 5.56 Å². The number of pyridine rings is 1. The van der Waals surface area contributed by atoms with E-state index in [4.69, 9.17) is 10.5 Å². The number of methoxy groups -OCH3 is 1. The van der Waals surface area contributed by atoms with Gasteiger partial charge in [-0.1, -0.05) is 0 Å². The van der Waals surface area contributed by atoms with Gasteiger partial charge in [0.2, 0.25) is 0 Å². The molecule has 0 saturated heterocycles. The molecule has 0 unspecified atom stereocenters. The first-order valence-corrected chi connectivity index (χ1v) is 5.57. The number of nitrogens with one attached hydrogen (secondary N) is 1. The molecule has 4 nitrogen and oxygen atoms in total. The highest BCUT2D eigenvalue weighted by Gasteiger charge is 2.07. The van der Waals surface area contributed by atoms with Crippen LogP contribution in [0.2, 0.25) is 0 Å². The third-order valence-corrected chi connectivity index (χ3v) is 2.56. The summed E-state index contributed by atoms with van der Waals surface area (Å²) in [5.41, 5.74) is 7.01. The normalized spacial score (nSPS) is 10.3. The zero-order valence-corrected chi connectivity index (χ0v) is 10.3. The van der Waals surface area contributed by atoms with Crippen LogP contribution >= 0.6 is 0 Å². The minimum atomic E-state index is -0.747. The molecule has 2 rings (SSSR count). The Hall–Kier alpha value is -2.37. The van der Waals surface area contributed by atoms with Crippen LogP contribution in [0.4, 0.5) is 20.3 Å². The summed E-state index contributed by atoms with van der Waals surface area (Å²) in [6.45, 7) is 0.268. The third kappa shape index (κ3) is 3.09. The second kappa shape index (κ2) is 5.51. The molecule has 0 bridgehead atoms. The first kappa shape index (κ1) is 13.1. The number of hydrogen-bond acceptors (Lipinski definition) is 4. The van der Waals surface area contributed by atoms with Gasteiger partial charge >= 0.3 is 0 Å². The van der Waals surface area contributed by atoms with E-state index in [2.05, 4.69) is 10.3 Å². The van der Waals surface area contributed by atoms with Crippen molar-refractivity contribution in [2.75, 3.05) is 18.2 Å². The minimum absolute atomic E-state index is 0.0223. The summed E-state index contributed by atoms with van der Waals surface area (Å²) in [4.78, 5) is 3.64. The van der Waals surface area contributed by atoms with E-state index in [1.165, 1.54) is 7.11 Å². The van der Waals surface area contributed by atoms with Crippen LogP contribution in [0, 0.1) is 11.6 Å². The van der Waals surface area contributed by atoms with Crippen molar-refractivity contribution < 1.29 is 13.5 Å². The maximum atomic E-state index is 13.4. The SMILES string of the molecule is COc1ccc(N)cc1CNc1ncc(F)cc1F. The molecule has 2 aromatic rings. The van der Waals surface area contributed by atoms with E-state index in [9.17, 15) is 8.78 Å². The Bertz CT molecular complexity index is 590. The second-order valence-electron chi connectivity index (χ2n) is 3.91. The maximum absolute atomic E-state index is 13.4. The third-order valence-electron chi connectivity index (χ3n) is 2.56. The van der Waals surface area contributed by atoms with Crippen molar-refractivity contribution in [3.63, 3.8) is 0 Å². The largest absolute Gasteiger partial charge is 0.496 e. The predicted octanol–water partition coefficient (Wildman–Crippen LogP) is 2.56. The Kier molecular flexibility index (Phi) is 3.79. The molecule has 0 aliphatic rings. The molecule has 0 aliphatic heterocycles. The average Bonchev–Trinajstić information content (AvgIpc) is 2.38. The zero-order chi connectivity index (χ0) is 13.8. The molecule has 0 spiro atoms.